The number of hydrogen-bond donors (Lipinski definition) is 1. The van der Waals surface area contributed by atoms with E-state index in [1.54, 1.807) is 0 Å². The van der Waals surface area contributed by atoms with E-state index in [-0.39, 0.29) is 0 Å². The van der Waals surface area contributed by atoms with E-state index >= 15 is 0 Å². The molecule has 1 fully saturated rings. The number of pyridine rings is 1. The van der Waals surface area contributed by atoms with Gasteiger partial charge in [-0.3, -0.25) is 4.98 Å². The van der Waals surface area contributed by atoms with Gasteiger partial charge in [0.1, 0.15) is 0 Å². The van der Waals surface area contributed by atoms with E-state index in [2.05, 4.69) is 60.3 Å². The third-order valence-corrected chi connectivity index (χ3v) is 5.77. The van der Waals surface area contributed by atoms with Crippen molar-refractivity contribution < 1.29 is 0 Å². The Kier molecular flexibility index (Phi) is 3.50. The van der Waals surface area contributed by atoms with Crippen LogP contribution in [0.15, 0.2) is 36.7 Å². The van der Waals surface area contributed by atoms with Crippen molar-refractivity contribution in [3.05, 3.63) is 42.2 Å². The Morgan fingerprint density at radius 2 is 2.26 bits per heavy atom. The monoisotopic (exact) mass is 272 g/mol. The minimum atomic E-state index is 0.298. The first-order valence-corrected chi connectivity index (χ1v) is 7.87. The summed E-state index contributed by atoms with van der Waals surface area (Å²) >= 11 is 2.10. The summed E-state index contributed by atoms with van der Waals surface area (Å²) < 4.78 is 0.298. The van der Waals surface area contributed by atoms with Crippen LogP contribution in [0.4, 0.5) is 0 Å². The van der Waals surface area contributed by atoms with Gasteiger partial charge in [-0.05, 0) is 49.6 Å². The smallest absolute Gasteiger partial charge is 0.0470 e. The van der Waals surface area contributed by atoms with Crippen LogP contribution in [0.3, 0.4) is 0 Å². The maximum absolute atomic E-state index is 4.23. The number of rotatable bonds is 3. The van der Waals surface area contributed by atoms with Gasteiger partial charge in [0.25, 0.3) is 0 Å². The zero-order valence-electron chi connectivity index (χ0n) is 11.5. The Labute approximate surface area is 119 Å². The highest BCUT2D eigenvalue weighted by Gasteiger charge is 2.38. The summed E-state index contributed by atoms with van der Waals surface area (Å²) in [6.07, 6.45) is 6.45. The number of aromatic nitrogens is 1. The Hall–Kier alpha value is -1.06. The SMILES string of the molecule is CNC(c1cccc2cnccc12)C1(C)CCCS1. The van der Waals surface area contributed by atoms with E-state index in [0.717, 1.165) is 0 Å². The van der Waals surface area contributed by atoms with Gasteiger partial charge in [0, 0.05) is 28.6 Å². The number of thioether (sulfide) groups is 1. The molecule has 1 aliphatic rings. The van der Waals surface area contributed by atoms with Crippen LogP contribution in [-0.4, -0.2) is 22.5 Å². The first kappa shape index (κ1) is 12.9. The van der Waals surface area contributed by atoms with E-state index in [1.165, 1.54) is 34.9 Å². The van der Waals surface area contributed by atoms with Crippen molar-refractivity contribution in [2.45, 2.75) is 30.6 Å². The second-order valence-corrected chi connectivity index (χ2v) is 7.06. The second kappa shape index (κ2) is 5.14. The maximum atomic E-state index is 4.23. The summed E-state index contributed by atoms with van der Waals surface area (Å²) in [6.45, 7) is 2.39. The van der Waals surface area contributed by atoms with E-state index in [0.29, 0.717) is 10.8 Å². The summed E-state index contributed by atoms with van der Waals surface area (Å²) in [4.78, 5) is 4.23. The number of nitrogens with zero attached hydrogens (tertiary/aromatic N) is 1. The largest absolute Gasteiger partial charge is 0.312 e. The van der Waals surface area contributed by atoms with Crippen molar-refractivity contribution in [3.8, 4) is 0 Å². The van der Waals surface area contributed by atoms with Gasteiger partial charge in [-0.15, -0.1) is 0 Å². The van der Waals surface area contributed by atoms with Gasteiger partial charge in [0.2, 0.25) is 0 Å². The normalized spacial score (nSPS) is 24.7. The lowest BCUT2D eigenvalue weighted by Gasteiger charge is -2.34. The highest BCUT2D eigenvalue weighted by molar-refractivity contribution is 8.00. The van der Waals surface area contributed by atoms with E-state index < -0.39 is 0 Å². The van der Waals surface area contributed by atoms with Gasteiger partial charge < -0.3 is 5.32 Å². The van der Waals surface area contributed by atoms with Gasteiger partial charge in [0.15, 0.2) is 0 Å². The minimum absolute atomic E-state index is 0.298. The van der Waals surface area contributed by atoms with E-state index in [1.807, 2.05) is 12.4 Å². The molecule has 1 aromatic heterocycles. The number of hydrogen-bond acceptors (Lipinski definition) is 3. The summed E-state index contributed by atoms with van der Waals surface area (Å²) in [6, 6.07) is 9.08. The lowest BCUT2D eigenvalue weighted by atomic mass is 9.88. The molecule has 0 aliphatic carbocycles. The van der Waals surface area contributed by atoms with Crippen LogP contribution in [0.2, 0.25) is 0 Å². The summed E-state index contributed by atoms with van der Waals surface area (Å²) in [7, 11) is 2.08. The fourth-order valence-corrected chi connectivity index (χ4v) is 4.67. The van der Waals surface area contributed by atoms with Crippen LogP contribution in [-0.2, 0) is 0 Å². The first-order valence-electron chi connectivity index (χ1n) is 6.88. The average molecular weight is 272 g/mol. The first-order chi connectivity index (χ1) is 9.24. The lowest BCUT2D eigenvalue weighted by molar-refractivity contribution is 0.443. The molecule has 3 heteroatoms. The molecule has 0 saturated carbocycles. The topological polar surface area (TPSA) is 24.9 Å². The maximum Gasteiger partial charge on any atom is 0.0470 e. The molecule has 2 heterocycles. The lowest BCUT2D eigenvalue weighted by Crippen LogP contribution is -2.35. The fraction of sp³-hybridized carbons (Fsp3) is 0.438. The summed E-state index contributed by atoms with van der Waals surface area (Å²) in [5.41, 5.74) is 1.40. The Morgan fingerprint density at radius 3 is 3.00 bits per heavy atom. The van der Waals surface area contributed by atoms with Crippen LogP contribution in [0.5, 0.6) is 0 Å². The fourth-order valence-electron chi connectivity index (χ4n) is 3.22. The summed E-state index contributed by atoms with van der Waals surface area (Å²) in [5, 5.41) is 6.10. The van der Waals surface area contributed by atoms with Crippen molar-refractivity contribution in [1.29, 1.82) is 0 Å². The third-order valence-electron chi connectivity index (χ3n) is 4.17. The molecular formula is C16H20N2S. The Morgan fingerprint density at radius 1 is 1.37 bits per heavy atom. The zero-order valence-corrected chi connectivity index (χ0v) is 12.3. The van der Waals surface area contributed by atoms with Crippen LogP contribution in [0, 0.1) is 0 Å². The molecule has 0 spiro atoms. The van der Waals surface area contributed by atoms with Crippen molar-refractivity contribution >= 4 is 22.5 Å². The van der Waals surface area contributed by atoms with Gasteiger partial charge >= 0.3 is 0 Å². The highest BCUT2D eigenvalue weighted by atomic mass is 32.2. The molecule has 19 heavy (non-hydrogen) atoms. The van der Waals surface area contributed by atoms with E-state index in [4.69, 9.17) is 0 Å². The molecule has 2 nitrogen and oxygen atoms in total. The molecule has 0 bridgehead atoms. The van der Waals surface area contributed by atoms with Crippen LogP contribution in [0.25, 0.3) is 10.8 Å². The molecule has 3 rings (SSSR count). The Bertz CT molecular complexity index is 570. The van der Waals surface area contributed by atoms with Gasteiger partial charge in [-0.25, -0.2) is 0 Å². The Balaban J connectivity index is 2.11. The molecule has 1 saturated heterocycles. The predicted molar refractivity (Wildman–Crippen MR) is 83.6 cm³/mol. The quantitative estimate of drug-likeness (QED) is 0.920. The second-order valence-electron chi connectivity index (χ2n) is 5.43. The van der Waals surface area contributed by atoms with Crippen molar-refractivity contribution in [2.24, 2.45) is 0 Å². The predicted octanol–water partition coefficient (Wildman–Crippen LogP) is 3.78. The zero-order chi connectivity index (χ0) is 13.3. The standard InChI is InChI=1S/C16H20N2S/c1-16(8-4-10-19-16)15(17-2)14-6-3-5-12-11-18-9-7-13(12)14/h3,5-7,9,11,15,17H,4,8,10H2,1-2H3. The molecule has 0 radical (unpaired) electrons. The van der Waals surface area contributed by atoms with Crippen LogP contribution in [0.1, 0.15) is 31.4 Å². The van der Waals surface area contributed by atoms with Crippen LogP contribution < -0.4 is 5.32 Å². The number of nitrogens with one attached hydrogen (secondary N) is 1. The number of fused-ring (bicyclic) bond motifs is 1. The highest BCUT2D eigenvalue weighted by Crippen LogP contribution is 2.47. The molecule has 100 valence electrons. The minimum Gasteiger partial charge on any atom is -0.312 e. The molecule has 2 unspecified atom stereocenters. The van der Waals surface area contributed by atoms with Gasteiger partial charge in [-0.1, -0.05) is 18.2 Å². The molecule has 1 N–H and O–H groups in total. The average Bonchev–Trinajstić information content (AvgIpc) is 2.87. The van der Waals surface area contributed by atoms with Crippen molar-refractivity contribution in [1.82, 2.24) is 10.3 Å². The molecule has 2 aromatic rings. The van der Waals surface area contributed by atoms with Gasteiger partial charge in [0.05, 0.1) is 0 Å². The third kappa shape index (κ3) is 2.26. The molecule has 2 atom stereocenters. The van der Waals surface area contributed by atoms with Crippen molar-refractivity contribution in [2.75, 3.05) is 12.8 Å². The molecule has 0 amide bonds. The van der Waals surface area contributed by atoms with Gasteiger partial charge in [-0.2, -0.15) is 11.8 Å². The summed E-state index contributed by atoms with van der Waals surface area (Å²) in [5.74, 6) is 1.28. The van der Waals surface area contributed by atoms with E-state index in [9.17, 15) is 0 Å². The molecular weight excluding hydrogens is 252 g/mol. The van der Waals surface area contributed by atoms with Crippen molar-refractivity contribution in [3.63, 3.8) is 0 Å². The van der Waals surface area contributed by atoms with Crippen LogP contribution >= 0.6 is 11.8 Å². The number of benzene rings is 1. The molecule has 1 aliphatic heterocycles. The molecule has 1 aromatic carbocycles.